The number of nitro groups is 1. The summed E-state index contributed by atoms with van der Waals surface area (Å²) in [5, 5.41) is 11.6. The van der Waals surface area contributed by atoms with Crippen LogP contribution < -0.4 is 9.80 Å². The van der Waals surface area contributed by atoms with E-state index in [4.69, 9.17) is 0 Å². The molecule has 2 saturated heterocycles. The third-order valence-electron chi connectivity index (χ3n) is 6.11. The zero-order valence-electron chi connectivity index (χ0n) is 16.6. The van der Waals surface area contributed by atoms with Crippen LogP contribution in [0.15, 0.2) is 30.3 Å². The van der Waals surface area contributed by atoms with Gasteiger partial charge in [-0.15, -0.1) is 0 Å². The first-order valence-corrected chi connectivity index (χ1v) is 10.4. The highest BCUT2D eigenvalue weighted by Gasteiger charge is 2.29. The van der Waals surface area contributed by atoms with Gasteiger partial charge < -0.3 is 14.8 Å². The van der Waals surface area contributed by atoms with Crippen LogP contribution in [0.3, 0.4) is 0 Å². The number of H-pyrrole nitrogens is 1. The fourth-order valence-corrected chi connectivity index (χ4v) is 4.49. The third-order valence-corrected chi connectivity index (χ3v) is 6.11. The average Bonchev–Trinajstić information content (AvgIpc) is 3.43. The number of aromatic amines is 1. The summed E-state index contributed by atoms with van der Waals surface area (Å²) >= 11 is 0. The molecule has 0 amide bonds. The average molecular weight is 410 g/mol. The van der Waals surface area contributed by atoms with E-state index in [1.807, 2.05) is 4.90 Å². The largest absolute Gasteiger partial charge is 0.357 e. The van der Waals surface area contributed by atoms with E-state index in [-0.39, 0.29) is 22.3 Å². The van der Waals surface area contributed by atoms with Crippen molar-refractivity contribution in [3.63, 3.8) is 0 Å². The summed E-state index contributed by atoms with van der Waals surface area (Å²) in [7, 11) is 0. The molecule has 1 N–H and O–H groups in total. The van der Waals surface area contributed by atoms with E-state index in [0.29, 0.717) is 24.4 Å². The molecule has 2 aromatic heterocycles. The highest BCUT2D eigenvalue weighted by molar-refractivity contribution is 5.75. The van der Waals surface area contributed by atoms with E-state index < -0.39 is 0 Å². The topological polar surface area (TPSA) is 91.2 Å². The molecule has 30 heavy (non-hydrogen) atoms. The van der Waals surface area contributed by atoms with Crippen LogP contribution in [0, 0.1) is 15.9 Å². The lowest BCUT2D eigenvalue weighted by molar-refractivity contribution is -0.384. The number of halogens is 1. The van der Waals surface area contributed by atoms with Gasteiger partial charge in [-0.2, -0.15) is 0 Å². The minimum atomic E-state index is -0.351. The molecule has 4 heterocycles. The molecular weight excluding hydrogens is 387 g/mol. The van der Waals surface area contributed by atoms with E-state index in [9.17, 15) is 14.5 Å². The number of hydrogen-bond acceptors (Lipinski definition) is 6. The fraction of sp³-hybridized carbons (Fsp3) is 0.429. The number of hydrogen-bond donors (Lipinski definition) is 1. The van der Waals surface area contributed by atoms with Gasteiger partial charge in [0.25, 0.3) is 0 Å². The maximum Gasteiger partial charge on any atom is 0.311 e. The summed E-state index contributed by atoms with van der Waals surface area (Å²) in [6, 6.07) is 7.88. The molecule has 9 heteroatoms. The minimum absolute atomic E-state index is 0.0515. The van der Waals surface area contributed by atoms with Crippen molar-refractivity contribution in [1.82, 2.24) is 15.0 Å². The van der Waals surface area contributed by atoms with Gasteiger partial charge in [0.1, 0.15) is 17.5 Å². The number of anilines is 2. The van der Waals surface area contributed by atoms with Crippen molar-refractivity contribution in [3.8, 4) is 0 Å². The van der Waals surface area contributed by atoms with Gasteiger partial charge in [0, 0.05) is 38.2 Å². The Balaban J connectivity index is 1.36. The van der Waals surface area contributed by atoms with Crippen LogP contribution in [0.5, 0.6) is 0 Å². The van der Waals surface area contributed by atoms with Crippen molar-refractivity contribution in [2.24, 2.45) is 0 Å². The van der Waals surface area contributed by atoms with Crippen molar-refractivity contribution < 1.29 is 9.31 Å². The predicted molar refractivity (Wildman–Crippen MR) is 113 cm³/mol. The Labute approximate surface area is 172 Å². The molecule has 0 saturated carbocycles. The Morgan fingerprint density at radius 2 is 1.80 bits per heavy atom. The highest BCUT2D eigenvalue weighted by atomic mass is 19.1. The first-order chi connectivity index (χ1) is 14.6. The Hall–Kier alpha value is -3.23. The first kappa shape index (κ1) is 18.8. The quantitative estimate of drug-likeness (QED) is 0.517. The second kappa shape index (κ2) is 7.55. The first-order valence-electron chi connectivity index (χ1n) is 10.4. The van der Waals surface area contributed by atoms with E-state index in [0.717, 1.165) is 55.9 Å². The molecule has 0 radical (unpaired) electrons. The van der Waals surface area contributed by atoms with Gasteiger partial charge in [-0.25, -0.2) is 14.4 Å². The molecule has 0 bridgehead atoms. The molecule has 0 atom stereocenters. The SMILES string of the molecule is O=[N+]([O-])c1ccc(N2CCCC2)nc1N1CCC(c2nc3ccc(F)cc3[nH]2)CC1. The zero-order chi connectivity index (χ0) is 20.7. The van der Waals surface area contributed by atoms with Crippen molar-refractivity contribution in [3.05, 3.63) is 52.1 Å². The van der Waals surface area contributed by atoms with Gasteiger partial charge in [-0.3, -0.25) is 10.1 Å². The lowest BCUT2D eigenvalue weighted by Crippen LogP contribution is -2.34. The van der Waals surface area contributed by atoms with Crippen molar-refractivity contribution in [1.29, 1.82) is 0 Å². The number of pyridine rings is 1. The van der Waals surface area contributed by atoms with Crippen LogP contribution in [0.1, 0.15) is 37.4 Å². The molecule has 0 aliphatic carbocycles. The number of aromatic nitrogens is 3. The Morgan fingerprint density at radius 3 is 2.53 bits per heavy atom. The molecule has 2 fully saturated rings. The van der Waals surface area contributed by atoms with Crippen molar-refractivity contribution >= 4 is 28.4 Å². The van der Waals surface area contributed by atoms with E-state index in [2.05, 4.69) is 19.9 Å². The van der Waals surface area contributed by atoms with Gasteiger partial charge in [-0.1, -0.05) is 0 Å². The number of imidazole rings is 1. The van der Waals surface area contributed by atoms with Crippen molar-refractivity contribution in [2.45, 2.75) is 31.6 Å². The van der Waals surface area contributed by atoms with Crippen LogP contribution in [0.25, 0.3) is 11.0 Å². The van der Waals surface area contributed by atoms with Crippen LogP contribution in [-0.4, -0.2) is 46.1 Å². The van der Waals surface area contributed by atoms with Crippen molar-refractivity contribution in [2.75, 3.05) is 36.0 Å². The Bertz CT molecular complexity index is 1090. The molecule has 8 nitrogen and oxygen atoms in total. The lowest BCUT2D eigenvalue weighted by atomic mass is 9.96. The maximum absolute atomic E-state index is 13.5. The summed E-state index contributed by atoms with van der Waals surface area (Å²) in [4.78, 5) is 28.0. The molecule has 156 valence electrons. The third kappa shape index (κ3) is 3.44. The van der Waals surface area contributed by atoms with Gasteiger partial charge in [-0.05, 0) is 49.9 Å². The second-order valence-corrected chi connectivity index (χ2v) is 8.01. The molecule has 3 aromatic rings. The van der Waals surface area contributed by atoms with E-state index in [1.165, 1.54) is 12.1 Å². The lowest BCUT2D eigenvalue weighted by Gasteiger charge is -2.32. The van der Waals surface area contributed by atoms with Crippen LogP contribution in [-0.2, 0) is 0 Å². The second-order valence-electron chi connectivity index (χ2n) is 8.01. The monoisotopic (exact) mass is 410 g/mol. The summed E-state index contributed by atoms with van der Waals surface area (Å²) < 4.78 is 13.5. The number of piperidine rings is 1. The zero-order valence-corrected chi connectivity index (χ0v) is 16.6. The number of fused-ring (bicyclic) bond motifs is 1. The van der Waals surface area contributed by atoms with Crippen LogP contribution >= 0.6 is 0 Å². The van der Waals surface area contributed by atoms with Gasteiger partial charge in [0.05, 0.1) is 16.0 Å². The Kier molecular flexibility index (Phi) is 4.72. The summed E-state index contributed by atoms with van der Waals surface area (Å²) in [5.74, 6) is 2.04. The normalized spacial score (nSPS) is 17.8. The summed E-state index contributed by atoms with van der Waals surface area (Å²) in [6.45, 7) is 3.21. The molecule has 2 aliphatic heterocycles. The van der Waals surface area contributed by atoms with Gasteiger partial charge in [0.2, 0.25) is 5.82 Å². The smallest absolute Gasteiger partial charge is 0.311 e. The molecular formula is C21H23FN6O2. The number of benzene rings is 1. The molecule has 0 spiro atoms. The molecule has 0 unspecified atom stereocenters. The number of nitrogens with zero attached hydrogens (tertiary/aromatic N) is 5. The highest BCUT2D eigenvalue weighted by Crippen LogP contribution is 2.35. The van der Waals surface area contributed by atoms with Gasteiger partial charge >= 0.3 is 5.69 Å². The molecule has 5 rings (SSSR count). The molecule has 2 aliphatic rings. The minimum Gasteiger partial charge on any atom is -0.357 e. The summed E-state index contributed by atoms with van der Waals surface area (Å²) in [6.07, 6.45) is 3.85. The summed E-state index contributed by atoms with van der Waals surface area (Å²) in [5.41, 5.74) is 1.50. The van der Waals surface area contributed by atoms with Crippen LogP contribution in [0.2, 0.25) is 0 Å². The Morgan fingerprint density at radius 1 is 1.03 bits per heavy atom. The number of rotatable bonds is 4. The van der Waals surface area contributed by atoms with E-state index in [1.54, 1.807) is 18.2 Å². The maximum atomic E-state index is 13.5. The standard InChI is InChI=1S/C21H23FN6O2/c22-15-3-4-16-17(13-15)24-20(23-16)14-7-11-27(12-8-14)21-18(28(29)30)5-6-19(25-21)26-9-1-2-10-26/h3-6,13-14H,1-2,7-12H2,(H,23,24). The fourth-order valence-electron chi connectivity index (χ4n) is 4.49. The molecule has 1 aromatic carbocycles. The van der Waals surface area contributed by atoms with Crippen LogP contribution in [0.4, 0.5) is 21.7 Å². The van der Waals surface area contributed by atoms with E-state index >= 15 is 0 Å². The van der Waals surface area contributed by atoms with Gasteiger partial charge in [0.15, 0.2) is 0 Å². The number of nitrogens with one attached hydrogen (secondary N) is 1. The predicted octanol–water partition coefficient (Wildman–Crippen LogP) is 3.99.